The van der Waals surface area contributed by atoms with E-state index in [1.54, 1.807) is 23.3 Å². The molecule has 158 valence electrons. The zero-order valence-corrected chi connectivity index (χ0v) is 18.5. The maximum Gasteiger partial charge on any atom is 0.237 e. The van der Waals surface area contributed by atoms with Crippen molar-refractivity contribution >= 4 is 27.3 Å². The monoisotopic (exact) mass is 438 g/mol. The van der Waals surface area contributed by atoms with E-state index < -0.39 is 10.0 Å². The van der Waals surface area contributed by atoms with E-state index >= 15 is 0 Å². The Morgan fingerprint density at radius 2 is 1.86 bits per heavy atom. The lowest BCUT2D eigenvalue weighted by Crippen LogP contribution is -2.51. The molecule has 0 N–H and O–H groups in total. The van der Waals surface area contributed by atoms with Gasteiger partial charge in [-0.1, -0.05) is 0 Å². The average Bonchev–Trinajstić information content (AvgIpc) is 3.16. The molecule has 1 aliphatic heterocycles. The first-order chi connectivity index (χ1) is 13.8. The van der Waals surface area contributed by atoms with Gasteiger partial charge >= 0.3 is 0 Å². The van der Waals surface area contributed by atoms with Gasteiger partial charge in [0.25, 0.3) is 0 Å². The van der Waals surface area contributed by atoms with E-state index in [-0.39, 0.29) is 12.5 Å². The number of ether oxygens (including phenoxy) is 1. The van der Waals surface area contributed by atoms with Gasteiger partial charge in [-0.05, 0) is 24.3 Å². The number of thiazole rings is 1. The van der Waals surface area contributed by atoms with E-state index in [2.05, 4.69) is 10.3 Å². The topological polar surface area (TPSA) is 83.1 Å². The molecule has 1 aromatic heterocycles. The molecule has 0 unspecified atom stereocenters. The first-order valence-corrected chi connectivity index (χ1v) is 12.0. The molecular formula is C19H26N4O4S2. The maximum absolute atomic E-state index is 12.3. The van der Waals surface area contributed by atoms with Crippen LogP contribution in [-0.4, -0.2) is 86.6 Å². The number of piperazine rings is 1. The normalized spacial score (nSPS) is 15.7. The van der Waals surface area contributed by atoms with E-state index in [9.17, 15) is 13.2 Å². The highest BCUT2D eigenvalue weighted by atomic mass is 32.2. The summed E-state index contributed by atoms with van der Waals surface area (Å²) in [6.45, 7) is 3.28. The quantitative estimate of drug-likeness (QED) is 0.649. The van der Waals surface area contributed by atoms with Gasteiger partial charge in [-0.25, -0.2) is 13.4 Å². The van der Waals surface area contributed by atoms with Gasteiger partial charge in [0.05, 0.1) is 25.6 Å². The number of amides is 1. The lowest BCUT2D eigenvalue weighted by molar-refractivity contribution is -0.133. The average molecular weight is 439 g/mol. The van der Waals surface area contributed by atoms with Crippen LogP contribution >= 0.6 is 11.3 Å². The summed E-state index contributed by atoms with van der Waals surface area (Å²) in [5.41, 5.74) is 2.07. The summed E-state index contributed by atoms with van der Waals surface area (Å²) in [4.78, 5) is 21.0. The molecule has 10 heteroatoms. The Morgan fingerprint density at radius 1 is 1.21 bits per heavy atom. The van der Waals surface area contributed by atoms with Crippen molar-refractivity contribution in [2.45, 2.75) is 6.54 Å². The summed E-state index contributed by atoms with van der Waals surface area (Å²) in [6, 6.07) is 7.85. The first-order valence-electron chi connectivity index (χ1n) is 9.26. The van der Waals surface area contributed by atoms with Gasteiger partial charge in [-0.15, -0.1) is 11.3 Å². The predicted octanol–water partition coefficient (Wildman–Crippen LogP) is 1.35. The fraction of sp³-hybridized carbons (Fsp3) is 0.474. The number of likely N-dealkylation sites (N-methyl/N-ethyl adjacent to an activating group) is 1. The number of sulfonamides is 1. The largest absolute Gasteiger partial charge is 0.497 e. The van der Waals surface area contributed by atoms with Crippen LogP contribution in [0.2, 0.25) is 0 Å². The SMILES string of the molecule is COc1ccc(-c2nc(CN3CCN(C(=O)CN(C)S(C)(=O)=O)CC3)cs2)cc1. The second kappa shape index (κ2) is 9.21. The van der Waals surface area contributed by atoms with Crippen molar-refractivity contribution in [3.8, 4) is 16.3 Å². The number of carbonyl (C=O) groups excluding carboxylic acids is 1. The van der Waals surface area contributed by atoms with Crippen molar-refractivity contribution in [1.29, 1.82) is 0 Å². The van der Waals surface area contributed by atoms with Gasteiger partial charge in [0, 0.05) is 50.7 Å². The molecule has 8 nitrogen and oxygen atoms in total. The molecule has 1 amide bonds. The van der Waals surface area contributed by atoms with E-state index in [0.29, 0.717) is 13.1 Å². The first kappa shape index (κ1) is 21.7. The van der Waals surface area contributed by atoms with Crippen LogP contribution in [0.25, 0.3) is 10.6 Å². The van der Waals surface area contributed by atoms with Gasteiger partial charge in [0.15, 0.2) is 0 Å². The van der Waals surface area contributed by atoms with Crippen molar-refractivity contribution in [2.24, 2.45) is 0 Å². The standard InChI is InChI=1S/C19H26N4O4S2/c1-21(29(3,25)26)13-18(24)23-10-8-22(9-11-23)12-16-14-28-19(20-16)15-4-6-17(27-2)7-5-15/h4-7,14H,8-13H2,1-3H3. The van der Waals surface area contributed by atoms with Crippen LogP contribution in [0, 0.1) is 0 Å². The Morgan fingerprint density at radius 3 is 2.45 bits per heavy atom. The predicted molar refractivity (Wildman–Crippen MR) is 113 cm³/mol. The summed E-state index contributed by atoms with van der Waals surface area (Å²) in [5.74, 6) is 0.661. The third kappa shape index (κ3) is 5.75. The van der Waals surface area contributed by atoms with Gasteiger partial charge in [0.1, 0.15) is 10.8 Å². The Hall–Kier alpha value is -2.01. The van der Waals surface area contributed by atoms with Gasteiger partial charge < -0.3 is 9.64 Å². The fourth-order valence-corrected chi connectivity index (χ4v) is 4.20. The highest BCUT2D eigenvalue weighted by Gasteiger charge is 2.24. The lowest BCUT2D eigenvalue weighted by atomic mass is 10.2. The lowest BCUT2D eigenvalue weighted by Gasteiger charge is -2.35. The Bertz CT molecular complexity index is 935. The number of benzene rings is 1. The molecule has 1 aliphatic rings. The van der Waals surface area contributed by atoms with Gasteiger partial charge in [0.2, 0.25) is 15.9 Å². The second-order valence-electron chi connectivity index (χ2n) is 7.05. The summed E-state index contributed by atoms with van der Waals surface area (Å²) >= 11 is 1.61. The van der Waals surface area contributed by atoms with Crippen molar-refractivity contribution < 1.29 is 17.9 Å². The van der Waals surface area contributed by atoms with Crippen molar-refractivity contribution in [3.63, 3.8) is 0 Å². The molecule has 0 spiro atoms. The zero-order chi connectivity index (χ0) is 21.0. The van der Waals surface area contributed by atoms with E-state index in [4.69, 9.17) is 9.72 Å². The number of nitrogens with zero attached hydrogens (tertiary/aromatic N) is 4. The van der Waals surface area contributed by atoms with Crippen molar-refractivity contribution in [3.05, 3.63) is 35.3 Å². The third-order valence-corrected chi connectivity index (χ3v) is 7.12. The second-order valence-corrected chi connectivity index (χ2v) is 10.00. The number of aromatic nitrogens is 1. The molecule has 1 saturated heterocycles. The number of rotatable bonds is 7. The Labute approximate surface area is 175 Å². The number of hydrogen-bond acceptors (Lipinski definition) is 7. The molecule has 3 rings (SSSR count). The highest BCUT2D eigenvalue weighted by Crippen LogP contribution is 2.26. The highest BCUT2D eigenvalue weighted by molar-refractivity contribution is 7.88. The molecular weight excluding hydrogens is 412 g/mol. The smallest absolute Gasteiger partial charge is 0.237 e. The van der Waals surface area contributed by atoms with Crippen LogP contribution in [0.4, 0.5) is 0 Å². The molecule has 0 bridgehead atoms. The van der Waals surface area contributed by atoms with E-state index in [1.165, 1.54) is 7.05 Å². The van der Waals surface area contributed by atoms with Crippen LogP contribution in [0.1, 0.15) is 5.69 Å². The van der Waals surface area contributed by atoms with E-state index in [1.807, 2.05) is 24.3 Å². The molecule has 1 fully saturated rings. The molecule has 0 saturated carbocycles. The fourth-order valence-electron chi connectivity index (χ4n) is 3.04. The molecule has 29 heavy (non-hydrogen) atoms. The van der Waals surface area contributed by atoms with Gasteiger partial charge in [-0.2, -0.15) is 4.31 Å². The number of methoxy groups -OCH3 is 1. The molecule has 2 heterocycles. The van der Waals surface area contributed by atoms with E-state index in [0.717, 1.165) is 52.2 Å². The molecule has 0 radical (unpaired) electrons. The minimum absolute atomic E-state index is 0.115. The maximum atomic E-state index is 12.3. The Balaban J connectivity index is 1.51. The summed E-state index contributed by atoms with van der Waals surface area (Å²) in [6.07, 6.45) is 1.10. The Kier molecular flexibility index (Phi) is 6.89. The minimum Gasteiger partial charge on any atom is -0.497 e. The summed E-state index contributed by atoms with van der Waals surface area (Å²) in [7, 11) is -0.282. The molecule has 1 aromatic carbocycles. The molecule has 2 aromatic rings. The summed E-state index contributed by atoms with van der Waals surface area (Å²) < 4.78 is 29.2. The summed E-state index contributed by atoms with van der Waals surface area (Å²) in [5, 5.41) is 3.04. The van der Waals surface area contributed by atoms with Gasteiger partial charge in [-0.3, -0.25) is 9.69 Å². The number of hydrogen-bond donors (Lipinski definition) is 0. The van der Waals surface area contributed by atoms with Crippen LogP contribution in [-0.2, 0) is 21.4 Å². The van der Waals surface area contributed by atoms with Crippen molar-refractivity contribution in [1.82, 2.24) is 19.1 Å². The third-order valence-electron chi connectivity index (χ3n) is 4.92. The minimum atomic E-state index is -3.35. The van der Waals surface area contributed by atoms with Crippen LogP contribution < -0.4 is 4.74 Å². The molecule has 0 atom stereocenters. The van der Waals surface area contributed by atoms with Crippen LogP contribution in [0.15, 0.2) is 29.6 Å². The van der Waals surface area contributed by atoms with Crippen LogP contribution in [0.3, 0.4) is 0 Å². The van der Waals surface area contributed by atoms with Crippen molar-refractivity contribution in [2.75, 3.05) is 53.1 Å². The molecule has 0 aliphatic carbocycles. The zero-order valence-electron chi connectivity index (χ0n) is 16.9. The van der Waals surface area contributed by atoms with Crippen LogP contribution in [0.5, 0.6) is 5.75 Å². The number of carbonyl (C=O) groups is 1.